The highest BCUT2D eigenvalue weighted by Gasteiger charge is 2.29. The van der Waals surface area contributed by atoms with Crippen LogP contribution in [-0.2, 0) is 21.2 Å². The van der Waals surface area contributed by atoms with Gasteiger partial charge in [-0.15, -0.1) is 0 Å². The largest absolute Gasteiger partial charge is 0.497 e. The third-order valence-corrected chi connectivity index (χ3v) is 7.02. The van der Waals surface area contributed by atoms with Crippen molar-refractivity contribution in [3.63, 3.8) is 0 Å². The maximum absolute atomic E-state index is 13.4. The lowest BCUT2D eigenvalue weighted by atomic mass is 10.1. The summed E-state index contributed by atoms with van der Waals surface area (Å²) in [6, 6.07) is 10.2. The molecule has 2 aromatic carbocycles. The minimum Gasteiger partial charge on any atom is -0.497 e. The van der Waals surface area contributed by atoms with Crippen LogP contribution in [0.5, 0.6) is 5.75 Å². The van der Waals surface area contributed by atoms with Crippen LogP contribution in [0.15, 0.2) is 47.4 Å². The van der Waals surface area contributed by atoms with E-state index in [2.05, 4.69) is 5.32 Å². The lowest BCUT2D eigenvalue weighted by molar-refractivity contribution is -0.122. The van der Waals surface area contributed by atoms with E-state index >= 15 is 0 Å². The van der Waals surface area contributed by atoms with Crippen LogP contribution in [-0.4, -0.2) is 69.9 Å². The molecule has 0 atom stereocenters. The summed E-state index contributed by atoms with van der Waals surface area (Å²) in [5, 5.41) is 2.86. The number of halogens is 2. The van der Waals surface area contributed by atoms with Crippen molar-refractivity contribution in [1.29, 1.82) is 0 Å². The first kappa shape index (κ1) is 23.1. The average Bonchev–Trinajstić information content (AvgIpc) is 2.76. The van der Waals surface area contributed by atoms with Gasteiger partial charge in [-0.25, -0.2) is 17.2 Å². The molecule has 31 heavy (non-hydrogen) atoms. The molecule has 1 heterocycles. The molecule has 0 aromatic heterocycles. The highest BCUT2D eigenvalue weighted by atomic mass is 32.2. The fraction of sp³-hybridized carbons (Fsp3) is 0.381. The van der Waals surface area contributed by atoms with E-state index in [1.165, 1.54) is 4.31 Å². The molecule has 1 saturated heterocycles. The van der Waals surface area contributed by atoms with Crippen LogP contribution in [0.2, 0.25) is 0 Å². The molecule has 7 nitrogen and oxygen atoms in total. The summed E-state index contributed by atoms with van der Waals surface area (Å²) in [5.74, 6) is -1.66. The molecule has 0 spiro atoms. The minimum absolute atomic E-state index is 0.134. The Hall–Kier alpha value is -2.56. The Morgan fingerprint density at radius 2 is 1.71 bits per heavy atom. The van der Waals surface area contributed by atoms with Gasteiger partial charge in [-0.3, -0.25) is 9.69 Å². The molecule has 3 rings (SSSR count). The molecule has 10 heteroatoms. The van der Waals surface area contributed by atoms with Crippen molar-refractivity contribution in [2.75, 3.05) is 46.4 Å². The normalized spacial score (nSPS) is 15.6. The zero-order valence-corrected chi connectivity index (χ0v) is 18.0. The number of hydrogen-bond acceptors (Lipinski definition) is 5. The number of ether oxygens (including phenoxy) is 1. The third-order valence-electron chi connectivity index (χ3n) is 5.12. The van der Waals surface area contributed by atoms with Crippen LogP contribution in [0, 0.1) is 11.6 Å². The molecule has 2 aromatic rings. The number of hydrogen-bond donors (Lipinski definition) is 1. The highest BCUT2D eigenvalue weighted by molar-refractivity contribution is 7.89. The Balaban J connectivity index is 1.43. The van der Waals surface area contributed by atoms with Crippen LogP contribution < -0.4 is 10.1 Å². The second kappa shape index (κ2) is 10.2. The first-order valence-electron chi connectivity index (χ1n) is 9.87. The van der Waals surface area contributed by atoms with Gasteiger partial charge >= 0.3 is 0 Å². The monoisotopic (exact) mass is 453 g/mol. The lowest BCUT2D eigenvalue weighted by Crippen LogP contribution is -2.51. The van der Waals surface area contributed by atoms with E-state index in [-0.39, 0.29) is 30.4 Å². The molecular weight excluding hydrogens is 428 g/mol. The van der Waals surface area contributed by atoms with Gasteiger partial charge < -0.3 is 10.1 Å². The molecule has 1 aliphatic heterocycles. The SMILES string of the molecule is COc1ccc(CCNC(=O)CN2CCN(S(=O)(=O)c3ccc(F)c(F)c3)CC2)cc1. The van der Waals surface area contributed by atoms with Crippen LogP contribution in [0.4, 0.5) is 8.78 Å². The number of methoxy groups -OCH3 is 1. The van der Waals surface area contributed by atoms with Crippen molar-refractivity contribution in [2.45, 2.75) is 11.3 Å². The average molecular weight is 454 g/mol. The van der Waals surface area contributed by atoms with E-state index in [1.54, 1.807) is 7.11 Å². The van der Waals surface area contributed by atoms with Gasteiger partial charge in [0, 0.05) is 32.7 Å². The van der Waals surface area contributed by atoms with E-state index in [0.717, 1.165) is 23.4 Å². The zero-order valence-electron chi connectivity index (χ0n) is 17.2. The number of nitrogens with zero attached hydrogens (tertiary/aromatic N) is 2. The summed E-state index contributed by atoms with van der Waals surface area (Å²) >= 11 is 0. The number of amides is 1. The first-order chi connectivity index (χ1) is 14.8. The number of benzene rings is 2. The van der Waals surface area contributed by atoms with Crippen LogP contribution in [0.3, 0.4) is 0 Å². The van der Waals surface area contributed by atoms with E-state index < -0.39 is 21.7 Å². The summed E-state index contributed by atoms with van der Waals surface area (Å²) in [5.41, 5.74) is 1.08. The molecule has 0 saturated carbocycles. The molecule has 0 radical (unpaired) electrons. The smallest absolute Gasteiger partial charge is 0.243 e. The Morgan fingerprint density at radius 1 is 1.03 bits per heavy atom. The number of piperazine rings is 1. The molecule has 1 N–H and O–H groups in total. The second-order valence-electron chi connectivity index (χ2n) is 7.20. The van der Waals surface area contributed by atoms with E-state index in [1.807, 2.05) is 29.2 Å². The Kier molecular flexibility index (Phi) is 7.58. The van der Waals surface area contributed by atoms with Crippen LogP contribution in [0.1, 0.15) is 5.56 Å². The van der Waals surface area contributed by atoms with Crippen molar-refractivity contribution < 1.29 is 26.7 Å². The van der Waals surface area contributed by atoms with Crippen LogP contribution >= 0.6 is 0 Å². The Morgan fingerprint density at radius 3 is 2.32 bits per heavy atom. The Labute approximate surface area is 180 Å². The topological polar surface area (TPSA) is 79.0 Å². The summed E-state index contributed by atoms with van der Waals surface area (Å²) < 4.78 is 58.1. The molecule has 1 aliphatic rings. The number of carbonyl (C=O) groups is 1. The third kappa shape index (κ3) is 5.99. The molecule has 168 valence electrons. The molecule has 0 bridgehead atoms. The zero-order chi connectivity index (χ0) is 22.4. The van der Waals surface area contributed by atoms with Gasteiger partial charge in [0.2, 0.25) is 15.9 Å². The van der Waals surface area contributed by atoms with Gasteiger partial charge in [-0.05, 0) is 42.3 Å². The summed E-state index contributed by atoms with van der Waals surface area (Å²) in [7, 11) is -2.31. The molecule has 1 amide bonds. The second-order valence-corrected chi connectivity index (χ2v) is 9.14. The molecule has 1 fully saturated rings. The molecular formula is C21H25F2N3O4S. The van der Waals surface area contributed by atoms with Crippen molar-refractivity contribution in [2.24, 2.45) is 0 Å². The minimum atomic E-state index is -3.91. The predicted octanol–water partition coefficient (Wildman–Crippen LogP) is 1.64. The Bertz CT molecular complexity index is 1010. The van der Waals surface area contributed by atoms with Crippen molar-refractivity contribution in [3.05, 3.63) is 59.7 Å². The van der Waals surface area contributed by atoms with Gasteiger partial charge in [0.25, 0.3) is 0 Å². The van der Waals surface area contributed by atoms with Gasteiger partial charge in [-0.1, -0.05) is 12.1 Å². The quantitative estimate of drug-likeness (QED) is 0.658. The highest BCUT2D eigenvalue weighted by Crippen LogP contribution is 2.20. The molecule has 0 aliphatic carbocycles. The lowest BCUT2D eigenvalue weighted by Gasteiger charge is -2.33. The number of sulfonamides is 1. The van der Waals surface area contributed by atoms with Gasteiger partial charge in [0.15, 0.2) is 11.6 Å². The van der Waals surface area contributed by atoms with Crippen molar-refractivity contribution >= 4 is 15.9 Å². The van der Waals surface area contributed by atoms with Crippen LogP contribution in [0.25, 0.3) is 0 Å². The molecule has 0 unspecified atom stereocenters. The number of nitrogens with one attached hydrogen (secondary N) is 1. The fourth-order valence-corrected chi connectivity index (χ4v) is 4.75. The van der Waals surface area contributed by atoms with Gasteiger partial charge in [0.1, 0.15) is 5.75 Å². The van der Waals surface area contributed by atoms with E-state index in [4.69, 9.17) is 4.74 Å². The standard InChI is InChI=1S/C21H25F2N3O4S/c1-30-17-4-2-16(3-5-17)8-9-24-21(27)15-25-10-12-26(13-11-25)31(28,29)18-6-7-19(22)20(23)14-18/h2-7,14H,8-13,15H2,1H3,(H,24,27). The number of carbonyl (C=O) groups excluding carboxylic acids is 1. The summed E-state index contributed by atoms with van der Waals surface area (Å²) in [6.45, 7) is 1.74. The predicted molar refractivity (Wildman–Crippen MR) is 111 cm³/mol. The fourth-order valence-electron chi connectivity index (χ4n) is 3.31. The van der Waals surface area contributed by atoms with Gasteiger partial charge in [-0.2, -0.15) is 4.31 Å². The maximum Gasteiger partial charge on any atom is 0.243 e. The number of rotatable bonds is 8. The van der Waals surface area contributed by atoms with Crippen molar-refractivity contribution in [3.8, 4) is 5.75 Å². The van der Waals surface area contributed by atoms with E-state index in [9.17, 15) is 22.0 Å². The van der Waals surface area contributed by atoms with Crippen molar-refractivity contribution in [1.82, 2.24) is 14.5 Å². The summed E-state index contributed by atoms with van der Waals surface area (Å²) in [4.78, 5) is 13.8. The first-order valence-corrected chi connectivity index (χ1v) is 11.3. The summed E-state index contributed by atoms with van der Waals surface area (Å²) in [6.07, 6.45) is 0.690. The van der Waals surface area contributed by atoms with E-state index in [0.29, 0.717) is 32.1 Å². The maximum atomic E-state index is 13.4. The van der Waals surface area contributed by atoms with Gasteiger partial charge in [0.05, 0.1) is 18.6 Å².